The molecule has 3 nitrogen and oxygen atoms in total. The SMILES string of the molecule is N#Cc1ccc(COCCCN)c(Cl)c1. The summed E-state index contributed by atoms with van der Waals surface area (Å²) in [6.07, 6.45) is 0.841. The molecule has 0 fully saturated rings. The van der Waals surface area contributed by atoms with E-state index in [1.54, 1.807) is 12.1 Å². The molecular formula is C11H13ClN2O. The van der Waals surface area contributed by atoms with Gasteiger partial charge in [-0.05, 0) is 30.7 Å². The molecule has 0 saturated carbocycles. The van der Waals surface area contributed by atoms with Crippen molar-refractivity contribution < 1.29 is 4.74 Å². The molecule has 0 aliphatic heterocycles. The van der Waals surface area contributed by atoms with Gasteiger partial charge in [-0.1, -0.05) is 17.7 Å². The number of halogens is 1. The summed E-state index contributed by atoms with van der Waals surface area (Å²) in [6.45, 7) is 1.72. The van der Waals surface area contributed by atoms with Crippen molar-refractivity contribution in [1.82, 2.24) is 0 Å². The fourth-order valence-corrected chi connectivity index (χ4v) is 1.34. The van der Waals surface area contributed by atoms with E-state index < -0.39 is 0 Å². The standard InChI is InChI=1S/C11H13ClN2O/c12-11-6-9(7-14)2-3-10(11)8-15-5-1-4-13/h2-3,6H,1,4-5,8,13H2. The second-order valence-electron chi connectivity index (χ2n) is 3.11. The summed E-state index contributed by atoms with van der Waals surface area (Å²) < 4.78 is 5.37. The number of nitrogens with zero attached hydrogens (tertiary/aromatic N) is 1. The van der Waals surface area contributed by atoms with Crippen LogP contribution in [0, 0.1) is 11.3 Å². The van der Waals surface area contributed by atoms with Crippen molar-refractivity contribution in [3.05, 3.63) is 34.3 Å². The van der Waals surface area contributed by atoms with Crippen LogP contribution in [-0.4, -0.2) is 13.2 Å². The highest BCUT2D eigenvalue weighted by Crippen LogP contribution is 2.18. The molecule has 0 bridgehead atoms. The maximum atomic E-state index is 8.65. The predicted octanol–water partition coefficient (Wildman–Crippen LogP) is 2.08. The molecule has 0 heterocycles. The first-order chi connectivity index (χ1) is 7.27. The third-order valence-corrected chi connectivity index (χ3v) is 2.28. The Morgan fingerprint density at radius 2 is 2.27 bits per heavy atom. The van der Waals surface area contributed by atoms with Gasteiger partial charge in [-0.15, -0.1) is 0 Å². The Kier molecular flexibility index (Phi) is 5.13. The van der Waals surface area contributed by atoms with Crippen molar-refractivity contribution in [2.24, 2.45) is 5.73 Å². The van der Waals surface area contributed by atoms with Crippen LogP contribution in [0.2, 0.25) is 5.02 Å². The summed E-state index contributed by atoms with van der Waals surface area (Å²) in [5.41, 5.74) is 6.79. The molecule has 80 valence electrons. The Balaban J connectivity index is 2.52. The maximum absolute atomic E-state index is 8.65. The van der Waals surface area contributed by atoms with E-state index in [4.69, 9.17) is 27.3 Å². The number of ether oxygens (including phenoxy) is 1. The van der Waals surface area contributed by atoms with Gasteiger partial charge in [0, 0.05) is 11.6 Å². The monoisotopic (exact) mass is 224 g/mol. The molecule has 0 unspecified atom stereocenters. The molecule has 0 radical (unpaired) electrons. The molecule has 1 aromatic carbocycles. The van der Waals surface area contributed by atoms with Crippen LogP contribution in [0.5, 0.6) is 0 Å². The van der Waals surface area contributed by atoms with Gasteiger partial charge >= 0.3 is 0 Å². The number of hydrogen-bond acceptors (Lipinski definition) is 3. The lowest BCUT2D eigenvalue weighted by molar-refractivity contribution is 0.120. The summed E-state index contributed by atoms with van der Waals surface area (Å²) in [5.74, 6) is 0. The second-order valence-corrected chi connectivity index (χ2v) is 3.52. The molecule has 4 heteroatoms. The van der Waals surface area contributed by atoms with E-state index in [0.717, 1.165) is 12.0 Å². The lowest BCUT2D eigenvalue weighted by atomic mass is 10.1. The topological polar surface area (TPSA) is 59.0 Å². The van der Waals surface area contributed by atoms with E-state index >= 15 is 0 Å². The lowest BCUT2D eigenvalue weighted by Gasteiger charge is -2.05. The van der Waals surface area contributed by atoms with Crippen LogP contribution in [0.1, 0.15) is 17.5 Å². The van der Waals surface area contributed by atoms with Crippen LogP contribution < -0.4 is 5.73 Å². The predicted molar refractivity (Wildman–Crippen MR) is 59.5 cm³/mol. The molecule has 0 aromatic heterocycles. The molecule has 15 heavy (non-hydrogen) atoms. The Morgan fingerprint density at radius 3 is 2.87 bits per heavy atom. The van der Waals surface area contributed by atoms with Gasteiger partial charge in [-0.25, -0.2) is 0 Å². The smallest absolute Gasteiger partial charge is 0.0992 e. The Morgan fingerprint density at radius 1 is 1.47 bits per heavy atom. The highest BCUT2D eigenvalue weighted by Gasteiger charge is 2.01. The molecule has 0 saturated heterocycles. The summed E-state index contributed by atoms with van der Waals surface area (Å²) in [7, 11) is 0. The van der Waals surface area contributed by atoms with Gasteiger partial charge in [0.2, 0.25) is 0 Å². The van der Waals surface area contributed by atoms with Crippen molar-refractivity contribution in [2.45, 2.75) is 13.0 Å². The van der Waals surface area contributed by atoms with Crippen LogP contribution in [0.3, 0.4) is 0 Å². The molecule has 0 aliphatic carbocycles. The van der Waals surface area contributed by atoms with Crippen molar-refractivity contribution in [1.29, 1.82) is 5.26 Å². The highest BCUT2D eigenvalue weighted by atomic mass is 35.5. The number of nitriles is 1. The number of benzene rings is 1. The van der Waals surface area contributed by atoms with Crippen LogP contribution in [0.4, 0.5) is 0 Å². The third-order valence-electron chi connectivity index (χ3n) is 1.93. The Bertz CT molecular complexity index is 360. The van der Waals surface area contributed by atoms with Crippen molar-refractivity contribution in [3.8, 4) is 6.07 Å². The first-order valence-electron chi connectivity index (χ1n) is 4.74. The zero-order valence-electron chi connectivity index (χ0n) is 8.37. The second kappa shape index (κ2) is 6.41. The number of rotatable bonds is 5. The number of hydrogen-bond donors (Lipinski definition) is 1. The van der Waals surface area contributed by atoms with E-state index in [2.05, 4.69) is 0 Å². The first kappa shape index (κ1) is 12.0. The van der Waals surface area contributed by atoms with E-state index in [1.807, 2.05) is 12.1 Å². The zero-order chi connectivity index (χ0) is 11.1. The molecule has 0 spiro atoms. The van der Waals surface area contributed by atoms with Gasteiger partial charge in [-0.2, -0.15) is 5.26 Å². The van der Waals surface area contributed by atoms with Crippen molar-refractivity contribution >= 4 is 11.6 Å². The molecule has 1 rings (SSSR count). The van der Waals surface area contributed by atoms with Crippen LogP contribution in [-0.2, 0) is 11.3 Å². The summed E-state index contributed by atoms with van der Waals surface area (Å²) in [6, 6.07) is 7.21. The average Bonchev–Trinajstić information content (AvgIpc) is 2.26. The lowest BCUT2D eigenvalue weighted by Crippen LogP contribution is -2.04. The van der Waals surface area contributed by atoms with E-state index in [-0.39, 0.29) is 0 Å². The maximum Gasteiger partial charge on any atom is 0.0992 e. The van der Waals surface area contributed by atoms with Gasteiger partial charge < -0.3 is 10.5 Å². The van der Waals surface area contributed by atoms with Gasteiger partial charge in [0.25, 0.3) is 0 Å². The number of nitrogens with two attached hydrogens (primary N) is 1. The molecule has 0 atom stereocenters. The quantitative estimate of drug-likeness (QED) is 0.779. The Labute approximate surface area is 94.4 Å². The molecule has 1 aromatic rings. The minimum Gasteiger partial charge on any atom is -0.377 e. The Hall–Kier alpha value is -1.08. The van der Waals surface area contributed by atoms with Crippen LogP contribution in [0.15, 0.2) is 18.2 Å². The summed E-state index contributed by atoms with van der Waals surface area (Å²) >= 11 is 5.97. The van der Waals surface area contributed by atoms with Gasteiger partial charge in [0.15, 0.2) is 0 Å². The van der Waals surface area contributed by atoms with Crippen LogP contribution in [0.25, 0.3) is 0 Å². The van der Waals surface area contributed by atoms with Crippen LogP contribution >= 0.6 is 11.6 Å². The summed E-state index contributed by atoms with van der Waals surface area (Å²) in [5, 5.41) is 9.22. The molecule has 0 aliphatic rings. The van der Waals surface area contributed by atoms with E-state index in [9.17, 15) is 0 Å². The van der Waals surface area contributed by atoms with E-state index in [0.29, 0.717) is 30.3 Å². The highest BCUT2D eigenvalue weighted by molar-refractivity contribution is 6.31. The fourth-order valence-electron chi connectivity index (χ4n) is 1.10. The minimum atomic E-state index is 0.463. The average molecular weight is 225 g/mol. The summed E-state index contributed by atoms with van der Waals surface area (Å²) in [4.78, 5) is 0. The normalized spacial score (nSPS) is 9.93. The minimum absolute atomic E-state index is 0.463. The van der Waals surface area contributed by atoms with Gasteiger partial charge in [0.05, 0.1) is 18.2 Å². The molecule has 2 N–H and O–H groups in total. The zero-order valence-corrected chi connectivity index (χ0v) is 9.13. The largest absolute Gasteiger partial charge is 0.377 e. The van der Waals surface area contributed by atoms with Gasteiger partial charge in [0.1, 0.15) is 0 Å². The fraction of sp³-hybridized carbons (Fsp3) is 0.364. The third kappa shape index (κ3) is 3.88. The first-order valence-corrected chi connectivity index (χ1v) is 5.12. The van der Waals surface area contributed by atoms with E-state index in [1.165, 1.54) is 0 Å². The van der Waals surface area contributed by atoms with Crippen molar-refractivity contribution in [3.63, 3.8) is 0 Å². The molecule has 0 amide bonds. The van der Waals surface area contributed by atoms with Gasteiger partial charge in [-0.3, -0.25) is 0 Å². The van der Waals surface area contributed by atoms with Crippen molar-refractivity contribution in [2.75, 3.05) is 13.2 Å². The molecular weight excluding hydrogens is 212 g/mol.